The quantitative estimate of drug-likeness (QED) is 0.897. The van der Waals surface area contributed by atoms with Gasteiger partial charge in [0.2, 0.25) is 0 Å². The number of amides is 1. The number of carbonyl (C=O) groups is 1. The average molecular weight is 317 g/mol. The van der Waals surface area contributed by atoms with Gasteiger partial charge in [-0.15, -0.1) is 12.4 Å². The molecule has 1 aromatic rings. The van der Waals surface area contributed by atoms with Crippen molar-refractivity contribution in [1.29, 1.82) is 0 Å². The lowest BCUT2D eigenvalue weighted by Crippen LogP contribution is -2.51. The molecule has 0 heterocycles. The molecule has 0 unspecified atom stereocenters. The lowest BCUT2D eigenvalue weighted by Gasteiger charge is -2.33. The molecule has 1 aliphatic carbocycles. The molecule has 2 rings (SSSR count). The number of halogens is 2. The highest BCUT2D eigenvalue weighted by molar-refractivity contribution is 6.33. The molecule has 3 nitrogen and oxygen atoms in total. The summed E-state index contributed by atoms with van der Waals surface area (Å²) in [4.78, 5) is 12.1. The monoisotopic (exact) mass is 316 g/mol. The molecular formula is C15H22Cl2N2O. The molecule has 0 bridgehead atoms. The fraction of sp³-hybridized carbons (Fsp3) is 0.533. The summed E-state index contributed by atoms with van der Waals surface area (Å²) in [5.41, 5.74) is 7.62. The van der Waals surface area contributed by atoms with E-state index in [9.17, 15) is 4.79 Å². The Morgan fingerprint density at radius 1 is 1.35 bits per heavy atom. The van der Waals surface area contributed by atoms with Crippen LogP contribution in [0.25, 0.3) is 0 Å². The normalized spacial score (nSPS) is 17.1. The van der Waals surface area contributed by atoms with E-state index in [-0.39, 0.29) is 23.9 Å². The summed E-state index contributed by atoms with van der Waals surface area (Å²) < 4.78 is 0. The van der Waals surface area contributed by atoms with Crippen molar-refractivity contribution in [2.24, 2.45) is 5.73 Å². The summed E-state index contributed by atoms with van der Waals surface area (Å²) in [6, 6.07) is 5.45. The second kappa shape index (κ2) is 7.30. The van der Waals surface area contributed by atoms with Crippen LogP contribution in [0.15, 0.2) is 18.2 Å². The number of carbonyl (C=O) groups excluding carboxylic acids is 1. The standard InChI is InChI=1S/C15H21ClN2O.ClH/c1-11-5-6-12(13(16)9-11)14(19)18-10-15(17)7-3-2-4-8-15;/h5-6,9H,2-4,7-8,10,17H2,1H3,(H,18,19);1H. The Morgan fingerprint density at radius 3 is 2.60 bits per heavy atom. The van der Waals surface area contributed by atoms with Crippen LogP contribution in [0.4, 0.5) is 0 Å². The minimum atomic E-state index is -0.245. The van der Waals surface area contributed by atoms with Gasteiger partial charge in [0.1, 0.15) is 0 Å². The van der Waals surface area contributed by atoms with Crippen LogP contribution < -0.4 is 11.1 Å². The van der Waals surface area contributed by atoms with Crippen molar-refractivity contribution in [3.8, 4) is 0 Å². The van der Waals surface area contributed by atoms with Crippen molar-refractivity contribution in [2.75, 3.05) is 6.54 Å². The predicted octanol–water partition coefficient (Wildman–Crippen LogP) is 3.46. The van der Waals surface area contributed by atoms with Crippen LogP contribution in [-0.4, -0.2) is 18.0 Å². The van der Waals surface area contributed by atoms with E-state index >= 15 is 0 Å². The molecule has 20 heavy (non-hydrogen) atoms. The van der Waals surface area contributed by atoms with Crippen LogP contribution in [0.2, 0.25) is 5.02 Å². The number of hydrogen-bond acceptors (Lipinski definition) is 2. The van der Waals surface area contributed by atoms with E-state index in [1.165, 1.54) is 6.42 Å². The second-order valence-electron chi connectivity index (χ2n) is 5.59. The molecule has 1 saturated carbocycles. The molecule has 5 heteroatoms. The van der Waals surface area contributed by atoms with Crippen LogP contribution in [0.3, 0.4) is 0 Å². The van der Waals surface area contributed by atoms with Gasteiger partial charge in [-0.05, 0) is 37.5 Å². The molecule has 3 N–H and O–H groups in total. The summed E-state index contributed by atoms with van der Waals surface area (Å²) in [7, 11) is 0. The molecule has 112 valence electrons. The topological polar surface area (TPSA) is 55.1 Å². The van der Waals surface area contributed by atoms with Crippen molar-refractivity contribution in [2.45, 2.75) is 44.6 Å². The summed E-state index contributed by atoms with van der Waals surface area (Å²) in [5.74, 6) is -0.139. The van der Waals surface area contributed by atoms with Crippen LogP contribution in [0.5, 0.6) is 0 Å². The lowest BCUT2D eigenvalue weighted by molar-refractivity contribution is 0.0938. The molecule has 1 aromatic carbocycles. The summed E-state index contributed by atoms with van der Waals surface area (Å²) >= 11 is 6.09. The molecule has 0 aromatic heterocycles. The maximum Gasteiger partial charge on any atom is 0.252 e. The molecule has 1 amide bonds. The van der Waals surface area contributed by atoms with E-state index in [1.807, 2.05) is 13.0 Å². The number of aryl methyl sites for hydroxylation is 1. The zero-order valence-corrected chi connectivity index (χ0v) is 13.3. The van der Waals surface area contributed by atoms with Crippen molar-refractivity contribution in [1.82, 2.24) is 5.32 Å². The summed E-state index contributed by atoms with van der Waals surface area (Å²) in [6.45, 7) is 2.47. The van der Waals surface area contributed by atoms with Crippen LogP contribution in [0, 0.1) is 6.92 Å². The van der Waals surface area contributed by atoms with Crippen molar-refractivity contribution < 1.29 is 4.79 Å². The Balaban J connectivity index is 0.00000200. The van der Waals surface area contributed by atoms with Gasteiger partial charge in [-0.25, -0.2) is 0 Å². The molecule has 0 spiro atoms. The molecule has 0 aliphatic heterocycles. The van der Waals surface area contributed by atoms with E-state index in [0.29, 0.717) is 17.1 Å². The van der Waals surface area contributed by atoms with Gasteiger partial charge in [0, 0.05) is 12.1 Å². The minimum Gasteiger partial charge on any atom is -0.350 e. The lowest BCUT2D eigenvalue weighted by atomic mass is 9.82. The van der Waals surface area contributed by atoms with E-state index in [1.54, 1.807) is 12.1 Å². The van der Waals surface area contributed by atoms with Crippen molar-refractivity contribution >= 4 is 29.9 Å². The number of nitrogens with one attached hydrogen (secondary N) is 1. The molecule has 1 fully saturated rings. The van der Waals surface area contributed by atoms with E-state index in [0.717, 1.165) is 31.2 Å². The second-order valence-corrected chi connectivity index (χ2v) is 6.00. The van der Waals surface area contributed by atoms with Gasteiger partial charge in [0.05, 0.1) is 10.6 Å². The van der Waals surface area contributed by atoms with Crippen molar-refractivity contribution in [3.05, 3.63) is 34.3 Å². The van der Waals surface area contributed by atoms with E-state index in [2.05, 4.69) is 5.32 Å². The molecule has 0 radical (unpaired) electrons. The third-order valence-electron chi connectivity index (χ3n) is 3.82. The summed E-state index contributed by atoms with van der Waals surface area (Å²) in [6.07, 6.45) is 5.51. The third-order valence-corrected chi connectivity index (χ3v) is 4.13. The number of benzene rings is 1. The van der Waals surface area contributed by atoms with Gasteiger partial charge >= 0.3 is 0 Å². The Kier molecular flexibility index (Phi) is 6.31. The first-order valence-corrected chi connectivity index (χ1v) is 7.21. The zero-order chi connectivity index (χ0) is 13.9. The SMILES string of the molecule is Cc1ccc(C(=O)NCC2(N)CCCCC2)c(Cl)c1.Cl. The molecule has 0 saturated heterocycles. The maximum absolute atomic E-state index is 12.1. The first-order valence-electron chi connectivity index (χ1n) is 6.83. The third kappa shape index (κ3) is 4.37. The Morgan fingerprint density at radius 2 is 2.00 bits per heavy atom. The number of rotatable bonds is 3. The van der Waals surface area contributed by atoms with Crippen LogP contribution in [0.1, 0.15) is 48.0 Å². The van der Waals surface area contributed by atoms with E-state index in [4.69, 9.17) is 17.3 Å². The smallest absolute Gasteiger partial charge is 0.252 e. The number of hydrogen-bond donors (Lipinski definition) is 2. The zero-order valence-electron chi connectivity index (χ0n) is 11.7. The maximum atomic E-state index is 12.1. The molecule has 0 atom stereocenters. The Labute approximate surface area is 131 Å². The molecular weight excluding hydrogens is 295 g/mol. The van der Waals surface area contributed by atoms with Gasteiger partial charge < -0.3 is 11.1 Å². The highest BCUT2D eigenvalue weighted by atomic mass is 35.5. The van der Waals surface area contributed by atoms with E-state index < -0.39 is 0 Å². The fourth-order valence-electron chi connectivity index (χ4n) is 2.59. The predicted molar refractivity (Wildman–Crippen MR) is 85.8 cm³/mol. The van der Waals surface area contributed by atoms with Gasteiger partial charge in [-0.1, -0.05) is 36.9 Å². The van der Waals surface area contributed by atoms with Crippen LogP contribution >= 0.6 is 24.0 Å². The first kappa shape index (κ1) is 17.3. The number of nitrogens with two attached hydrogens (primary N) is 1. The fourth-order valence-corrected chi connectivity index (χ4v) is 2.91. The Hall–Kier alpha value is -0.770. The van der Waals surface area contributed by atoms with Crippen LogP contribution in [-0.2, 0) is 0 Å². The largest absolute Gasteiger partial charge is 0.350 e. The molecule has 1 aliphatic rings. The van der Waals surface area contributed by atoms with Gasteiger partial charge in [-0.3, -0.25) is 4.79 Å². The van der Waals surface area contributed by atoms with Gasteiger partial charge in [-0.2, -0.15) is 0 Å². The van der Waals surface area contributed by atoms with Gasteiger partial charge in [0.15, 0.2) is 0 Å². The van der Waals surface area contributed by atoms with Gasteiger partial charge in [0.25, 0.3) is 5.91 Å². The average Bonchev–Trinajstić information content (AvgIpc) is 2.37. The van der Waals surface area contributed by atoms with Crippen molar-refractivity contribution in [3.63, 3.8) is 0 Å². The first-order chi connectivity index (χ1) is 9.00. The summed E-state index contributed by atoms with van der Waals surface area (Å²) in [5, 5.41) is 3.41. The minimum absolute atomic E-state index is 0. The highest BCUT2D eigenvalue weighted by Gasteiger charge is 2.28. The Bertz CT molecular complexity index is 471. The highest BCUT2D eigenvalue weighted by Crippen LogP contribution is 2.25.